The van der Waals surface area contributed by atoms with Crippen molar-refractivity contribution in [3.63, 3.8) is 0 Å². The molecule has 0 heterocycles. The second kappa shape index (κ2) is 10.4. The van der Waals surface area contributed by atoms with Crippen LogP contribution in [0.1, 0.15) is 83.8 Å². The zero-order valence-electron chi connectivity index (χ0n) is 18.5. The highest BCUT2D eigenvalue weighted by atomic mass is 16.5. The number of benzene rings is 1. The molecule has 1 aromatic carbocycles. The Morgan fingerprint density at radius 1 is 1.07 bits per heavy atom. The van der Waals surface area contributed by atoms with Crippen molar-refractivity contribution in [3.05, 3.63) is 47.1 Å². The van der Waals surface area contributed by atoms with Crippen molar-refractivity contribution in [1.82, 2.24) is 0 Å². The monoisotopic (exact) mass is 398 g/mol. The van der Waals surface area contributed by atoms with Gasteiger partial charge in [0.05, 0.1) is 0 Å². The van der Waals surface area contributed by atoms with E-state index < -0.39 is 0 Å². The Balaban J connectivity index is 2.64. The number of carbonyl (C=O) groups is 2. The molecular formula is C25H34O4. The smallest absolute Gasteiger partial charge is 0.308 e. The van der Waals surface area contributed by atoms with E-state index in [1.165, 1.54) is 19.4 Å². The summed E-state index contributed by atoms with van der Waals surface area (Å²) in [6, 6.07) is 3.87. The fraction of sp³-hybridized carbons (Fsp3) is 0.520. The molecular weight excluding hydrogens is 364 g/mol. The van der Waals surface area contributed by atoms with Gasteiger partial charge in [0.15, 0.2) is 0 Å². The summed E-state index contributed by atoms with van der Waals surface area (Å²) in [5.74, 6) is 0.376. The van der Waals surface area contributed by atoms with Gasteiger partial charge in [0.2, 0.25) is 0 Å². The highest BCUT2D eigenvalue weighted by molar-refractivity contribution is 5.73. The van der Waals surface area contributed by atoms with E-state index >= 15 is 0 Å². The van der Waals surface area contributed by atoms with Crippen molar-refractivity contribution in [1.29, 1.82) is 0 Å². The Morgan fingerprint density at radius 3 is 2.14 bits per heavy atom. The highest BCUT2D eigenvalue weighted by Crippen LogP contribution is 2.47. The first-order valence-electron chi connectivity index (χ1n) is 10.6. The third kappa shape index (κ3) is 6.31. The van der Waals surface area contributed by atoms with Gasteiger partial charge in [-0.05, 0) is 63.1 Å². The van der Waals surface area contributed by atoms with Crippen LogP contribution < -0.4 is 9.47 Å². The lowest BCUT2D eigenvalue weighted by Gasteiger charge is -2.32. The van der Waals surface area contributed by atoms with Crippen LogP contribution in [-0.4, -0.2) is 11.9 Å². The molecule has 29 heavy (non-hydrogen) atoms. The van der Waals surface area contributed by atoms with Gasteiger partial charge in [-0.1, -0.05) is 43.6 Å². The fourth-order valence-electron chi connectivity index (χ4n) is 4.09. The summed E-state index contributed by atoms with van der Waals surface area (Å²) in [6.07, 6.45) is 8.31. The maximum absolute atomic E-state index is 11.9. The molecule has 0 spiro atoms. The molecule has 0 N–H and O–H groups in total. The van der Waals surface area contributed by atoms with Crippen molar-refractivity contribution >= 4 is 11.9 Å². The van der Waals surface area contributed by atoms with E-state index in [0.29, 0.717) is 11.5 Å². The Morgan fingerprint density at radius 2 is 1.66 bits per heavy atom. The van der Waals surface area contributed by atoms with Crippen molar-refractivity contribution in [3.8, 4) is 11.5 Å². The van der Waals surface area contributed by atoms with Crippen molar-refractivity contribution in [2.75, 3.05) is 0 Å². The van der Waals surface area contributed by atoms with Gasteiger partial charge in [-0.3, -0.25) is 9.59 Å². The molecule has 1 aliphatic rings. The second-order valence-electron chi connectivity index (χ2n) is 8.18. The van der Waals surface area contributed by atoms with Crippen LogP contribution in [0.15, 0.2) is 35.9 Å². The maximum Gasteiger partial charge on any atom is 0.308 e. The van der Waals surface area contributed by atoms with Gasteiger partial charge < -0.3 is 9.47 Å². The van der Waals surface area contributed by atoms with Gasteiger partial charge in [0.25, 0.3) is 0 Å². The van der Waals surface area contributed by atoms with Crippen molar-refractivity contribution in [2.24, 2.45) is 5.92 Å². The van der Waals surface area contributed by atoms with E-state index in [9.17, 15) is 9.59 Å². The number of carbonyl (C=O) groups excluding carboxylic acids is 2. The predicted octanol–water partition coefficient (Wildman–Crippen LogP) is 6.29. The first-order chi connectivity index (χ1) is 13.7. The number of unbranched alkanes of at least 4 members (excludes halogenated alkanes) is 2. The molecule has 2 atom stereocenters. The molecule has 4 heteroatoms. The quantitative estimate of drug-likeness (QED) is 0.224. The second-order valence-corrected chi connectivity index (χ2v) is 8.18. The average molecular weight is 399 g/mol. The van der Waals surface area contributed by atoms with Crippen molar-refractivity contribution < 1.29 is 19.1 Å². The number of esters is 2. The van der Waals surface area contributed by atoms with Gasteiger partial charge in [-0.2, -0.15) is 0 Å². The molecule has 0 bridgehead atoms. The molecule has 0 aromatic heterocycles. The van der Waals surface area contributed by atoms with Crippen molar-refractivity contribution in [2.45, 2.75) is 79.1 Å². The SMILES string of the molecule is C=C(C)[C@@H]1CCC(C)=CC1c1c(OC(C)=O)cc(CCCCC)cc1OC(C)=O. The molecule has 0 aliphatic heterocycles. The van der Waals surface area contributed by atoms with Crippen LogP contribution >= 0.6 is 0 Å². The molecule has 4 nitrogen and oxygen atoms in total. The van der Waals surface area contributed by atoms with Gasteiger partial charge in [0, 0.05) is 25.3 Å². The minimum Gasteiger partial charge on any atom is -0.426 e. The molecule has 2 rings (SSSR count). The first-order valence-corrected chi connectivity index (χ1v) is 10.6. The zero-order valence-corrected chi connectivity index (χ0v) is 18.5. The van der Waals surface area contributed by atoms with Gasteiger partial charge in [0.1, 0.15) is 11.5 Å². The van der Waals surface area contributed by atoms with Gasteiger partial charge in [-0.25, -0.2) is 0 Å². The average Bonchev–Trinajstić information content (AvgIpc) is 2.60. The lowest BCUT2D eigenvalue weighted by atomic mass is 9.73. The third-order valence-electron chi connectivity index (χ3n) is 5.45. The molecule has 0 fully saturated rings. The Hall–Kier alpha value is -2.36. The van der Waals surface area contributed by atoms with E-state index in [-0.39, 0.29) is 23.8 Å². The molecule has 0 saturated heterocycles. The van der Waals surface area contributed by atoms with E-state index in [1.807, 2.05) is 19.1 Å². The van der Waals surface area contributed by atoms with Gasteiger partial charge >= 0.3 is 11.9 Å². The van der Waals surface area contributed by atoms with Crippen LogP contribution in [0.5, 0.6) is 11.5 Å². The molecule has 158 valence electrons. The molecule has 1 aliphatic carbocycles. The summed E-state index contributed by atoms with van der Waals surface area (Å²) in [4.78, 5) is 23.7. The zero-order chi connectivity index (χ0) is 21.6. The van der Waals surface area contributed by atoms with E-state index in [0.717, 1.165) is 55.2 Å². The van der Waals surface area contributed by atoms with Crippen LogP contribution in [0.25, 0.3) is 0 Å². The Kier molecular flexibility index (Phi) is 8.24. The van der Waals surface area contributed by atoms with Crippen LogP contribution in [0.2, 0.25) is 0 Å². The van der Waals surface area contributed by atoms with E-state index in [4.69, 9.17) is 9.47 Å². The van der Waals surface area contributed by atoms with Gasteiger partial charge in [-0.15, -0.1) is 0 Å². The normalized spacial score (nSPS) is 18.7. The number of hydrogen-bond acceptors (Lipinski definition) is 4. The lowest BCUT2D eigenvalue weighted by Crippen LogP contribution is -2.20. The Bertz CT molecular complexity index is 766. The first kappa shape index (κ1) is 22.9. The van der Waals surface area contributed by atoms with Crippen LogP contribution in [0, 0.1) is 5.92 Å². The number of aryl methyl sites for hydroxylation is 1. The minimum absolute atomic E-state index is 0.0466. The number of hydrogen-bond donors (Lipinski definition) is 0. The summed E-state index contributed by atoms with van der Waals surface area (Å²) < 4.78 is 11.3. The van der Waals surface area contributed by atoms with E-state index in [2.05, 4.69) is 26.5 Å². The summed E-state index contributed by atoms with van der Waals surface area (Å²) in [7, 11) is 0. The third-order valence-corrected chi connectivity index (χ3v) is 5.45. The molecule has 0 saturated carbocycles. The molecule has 1 unspecified atom stereocenters. The minimum atomic E-state index is -0.380. The summed E-state index contributed by atoms with van der Waals surface area (Å²) in [5.41, 5.74) is 4.13. The van der Waals surface area contributed by atoms with Crippen LogP contribution in [-0.2, 0) is 16.0 Å². The number of allylic oxidation sites excluding steroid dienone is 3. The summed E-state index contributed by atoms with van der Waals surface area (Å²) in [5, 5.41) is 0. The highest BCUT2D eigenvalue weighted by Gasteiger charge is 2.32. The summed E-state index contributed by atoms with van der Waals surface area (Å²) in [6.45, 7) is 13.3. The molecule has 0 radical (unpaired) electrons. The number of rotatable bonds is 8. The topological polar surface area (TPSA) is 52.6 Å². The Labute approximate surface area is 175 Å². The van der Waals surface area contributed by atoms with Crippen LogP contribution in [0.3, 0.4) is 0 Å². The molecule has 1 aromatic rings. The standard InChI is InChI=1S/C25H34O4/c1-7-8-9-10-20-14-23(28-18(5)26)25(24(15-20)29-19(6)27)22-13-17(4)11-12-21(22)16(2)3/h13-15,21-22H,2,7-12H2,1,3-6H3/t21-,22?/m0/s1. The predicted molar refractivity (Wildman–Crippen MR) is 116 cm³/mol. The van der Waals surface area contributed by atoms with Crippen LogP contribution in [0.4, 0.5) is 0 Å². The number of ether oxygens (including phenoxy) is 2. The largest absolute Gasteiger partial charge is 0.426 e. The molecule has 0 amide bonds. The fourth-order valence-corrected chi connectivity index (χ4v) is 4.09. The van der Waals surface area contributed by atoms with E-state index in [1.54, 1.807) is 0 Å². The maximum atomic E-state index is 11.9. The summed E-state index contributed by atoms with van der Waals surface area (Å²) >= 11 is 0. The lowest BCUT2D eigenvalue weighted by molar-refractivity contribution is -0.132.